The van der Waals surface area contributed by atoms with Gasteiger partial charge in [0.2, 0.25) is 0 Å². The van der Waals surface area contributed by atoms with Crippen LogP contribution in [0.3, 0.4) is 0 Å². The smallest absolute Gasteiger partial charge is 0.0958 e. The molecule has 0 bridgehead atoms. The number of hydrogen-bond acceptors (Lipinski definition) is 2. The van der Waals surface area contributed by atoms with E-state index < -0.39 is 0 Å². The highest BCUT2D eigenvalue weighted by Gasteiger charge is 2.13. The van der Waals surface area contributed by atoms with Crippen LogP contribution in [-0.2, 0) is 4.74 Å². The molecule has 1 unspecified atom stereocenters. The number of benzene rings is 1. The fraction of sp³-hybridized carbons (Fsp3) is 0.500. The lowest BCUT2D eigenvalue weighted by molar-refractivity contribution is 0.0401. The first kappa shape index (κ1) is 12.7. The van der Waals surface area contributed by atoms with Crippen molar-refractivity contribution in [2.24, 2.45) is 11.7 Å². The number of rotatable bonds is 5. The molecule has 15 heavy (non-hydrogen) atoms. The lowest BCUT2D eigenvalue weighted by Gasteiger charge is -2.19. The van der Waals surface area contributed by atoms with E-state index in [1.165, 1.54) is 0 Å². The van der Waals surface area contributed by atoms with Crippen molar-refractivity contribution < 1.29 is 4.74 Å². The zero-order chi connectivity index (χ0) is 11.3. The number of hydrogen-bond donors (Lipinski definition) is 1. The van der Waals surface area contributed by atoms with Gasteiger partial charge >= 0.3 is 0 Å². The molecule has 3 heteroatoms. The van der Waals surface area contributed by atoms with E-state index in [1.54, 1.807) is 0 Å². The highest BCUT2D eigenvalue weighted by Crippen LogP contribution is 2.25. The second-order valence-electron chi connectivity index (χ2n) is 3.97. The summed E-state index contributed by atoms with van der Waals surface area (Å²) in [7, 11) is 0. The van der Waals surface area contributed by atoms with Crippen LogP contribution in [0.5, 0.6) is 0 Å². The van der Waals surface area contributed by atoms with E-state index >= 15 is 0 Å². The first-order chi connectivity index (χ1) is 7.15. The topological polar surface area (TPSA) is 35.2 Å². The summed E-state index contributed by atoms with van der Waals surface area (Å²) in [4.78, 5) is 0. The zero-order valence-corrected chi connectivity index (χ0v) is 10.8. The lowest BCUT2D eigenvalue weighted by Crippen LogP contribution is -2.18. The van der Waals surface area contributed by atoms with E-state index in [0.29, 0.717) is 12.5 Å². The predicted octanol–water partition coefficient (Wildman–Crippen LogP) is 3.12. The average Bonchev–Trinajstić information content (AvgIpc) is 2.21. The van der Waals surface area contributed by atoms with Crippen molar-refractivity contribution in [2.75, 3.05) is 13.2 Å². The van der Waals surface area contributed by atoms with Crippen LogP contribution in [0.15, 0.2) is 28.7 Å². The minimum absolute atomic E-state index is 0.0111. The Kier molecular flexibility index (Phi) is 5.29. The summed E-state index contributed by atoms with van der Waals surface area (Å²) < 4.78 is 6.82. The Balaban J connectivity index is 2.70. The molecule has 0 radical (unpaired) electrons. The van der Waals surface area contributed by atoms with Gasteiger partial charge in [-0.3, -0.25) is 0 Å². The highest BCUT2D eigenvalue weighted by atomic mass is 79.9. The Morgan fingerprint density at radius 1 is 1.33 bits per heavy atom. The minimum Gasteiger partial charge on any atom is -0.372 e. The van der Waals surface area contributed by atoms with Gasteiger partial charge in [0.25, 0.3) is 0 Å². The molecular weight excluding hydrogens is 254 g/mol. The summed E-state index contributed by atoms with van der Waals surface area (Å²) in [6.07, 6.45) is -0.0111. The molecule has 0 fully saturated rings. The third kappa shape index (κ3) is 3.93. The van der Waals surface area contributed by atoms with Crippen LogP contribution in [0.25, 0.3) is 0 Å². The fourth-order valence-electron chi connectivity index (χ4n) is 1.33. The number of ether oxygens (including phenoxy) is 1. The van der Waals surface area contributed by atoms with Crippen LogP contribution in [-0.4, -0.2) is 13.2 Å². The van der Waals surface area contributed by atoms with E-state index in [2.05, 4.69) is 29.8 Å². The Bertz CT molecular complexity index is 301. The Morgan fingerprint density at radius 3 is 2.53 bits per heavy atom. The van der Waals surface area contributed by atoms with Gasteiger partial charge in [-0.25, -0.2) is 0 Å². The molecule has 1 atom stereocenters. The van der Waals surface area contributed by atoms with Gasteiger partial charge in [0.15, 0.2) is 0 Å². The molecule has 1 aromatic carbocycles. The van der Waals surface area contributed by atoms with Gasteiger partial charge in [0.1, 0.15) is 0 Å². The summed E-state index contributed by atoms with van der Waals surface area (Å²) in [6, 6.07) is 8.05. The molecular formula is C12H18BrNO. The first-order valence-electron chi connectivity index (χ1n) is 5.21. The highest BCUT2D eigenvalue weighted by molar-refractivity contribution is 9.10. The largest absolute Gasteiger partial charge is 0.372 e. The van der Waals surface area contributed by atoms with E-state index in [0.717, 1.165) is 16.6 Å². The van der Waals surface area contributed by atoms with Gasteiger partial charge in [0, 0.05) is 17.6 Å². The molecule has 0 aliphatic heterocycles. The van der Waals surface area contributed by atoms with Crippen molar-refractivity contribution in [2.45, 2.75) is 20.0 Å². The molecule has 0 aromatic heterocycles. The monoisotopic (exact) mass is 271 g/mol. The predicted molar refractivity (Wildman–Crippen MR) is 66.7 cm³/mol. The first-order valence-corrected chi connectivity index (χ1v) is 6.00. The molecule has 1 rings (SSSR count). The SMILES string of the molecule is CC(C)COC(CN)c1ccccc1Br. The van der Waals surface area contributed by atoms with Crippen molar-refractivity contribution in [1.29, 1.82) is 0 Å². The summed E-state index contributed by atoms with van der Waals surface area (Å²) >= 11 is 3.51. The van der Waals surface area contributed by atoms with Gasteiger partial charge in [-0.1, -0.05) is 48.0 Å². The van der Waals surface area contributed by atoms with Crippen molar-refractivity contribution >= 4 is 15.9 Å². The minimum atomic E-state index is -0.0111. The molecule has 0 heterocycles. The molecule has 0 spiro atoms. The van der Waals surface area contributed by atoms with Crippen molar-refractivity contribution in [1.82, 2.24) is 0 Å². The quantitative estimate of drug-likeness (QED) is 0.893. The molecule has 0 saturated carbocycles. The van der Waals surface area contributed by atoms with E-state index in [1.807, 2.05) is 24.3 Å². The second kappa shape index (κ2) is 6.26. The molecule has 0 aliphatic carbocycles. The summed E-state index contributed by atoms with van der Waals surface area (Å²) in [6.45, 7) is 5.51. The number of nitrogens with two attached hydrogens (primary N) is 1. The molecule has 84 valence electrons. The average molecular weight is 272 g/mol. The maximum absolute atomic E-state index is 5.76. The summed E-state index contributed by atoms with van der Waals surface area (Å²) in [5.41, 5.74) is 6.84. The molecule has 0 amide bonds. The lowest BCUT2D eigenvalue weighted by atomic mass is 10.1. The van der Waals surface area contributed by atoms with Gasteiger partial charge in [-0.05, 0) is 17.5 Å². The van der Waals surface area contributed by atoms with Crippen LogP contribution in [0.4, 0.5) is 0 Å². The Hall–Kier alpha value is -0.380. The molecule has 1 aromatic rings. The van der Waals surface area contributed by atoms with Gasteiger partial charge < -0.3 is 10.5 Å². The second-order valence-corrected chi connectivity index (χ2v) is 4.83. The van der Waals surface area contributed by atoms with E-state index in [4.69, 9.17) is 10.5 Å². The molecule has 2 N–H and O–H groups in total. The van der Waals surface area contributed by atoms with Gasteiger partial charge in [-0.2, -0.15) is 0 Å². The van der Waals surface area contributed by atoms with Crippen LogP contribution in [0, 0.1) is 5.92 Å². The van der Waals surface area contributed by atoms with Crippen molar-refractivity contribution in [3.05, 3.63) is 34.3 Å². The van der Waals surface area contributed by atoms with Crippen LogP contribution >= 0.6 is 15.9 Å². The Labute approximate surface area is 99.9 Å². The molecule has 0 aliphatic rings. The third-order valence-electron chi connectivity index (χ3n) is 2.10. The van der Waals surface area contributed by atoms with Crippen molar-refractivity contribution in [3.63, 3.8) is 0 Å². The van der Waals surface area contributed by atoms with Gasteiger partial charge in [0.05, 0.1) is 6.10 Å². The van der Waals surface area contributed by atoms with Crippen molar-refractivity contribution in [3.8, 4) is 0 Å². The normalized spacial score (nSPS) is 13.1. The fourth-order valence-corrected chi connectivity index (χ4v) is 1.87. The maximum atomic E-state index is 5.76. The summed E-state index contributed by atoms with van der Waals surface area (Å²) in [5.74, 6) is 0.529. The van der Waals surface area contributed by atoms with Gasteiger partial charge in [-0.15, -0.1) is 0 Å². The van der Waals surface area contributed by atoms with Crippen LogP contribution in [0.2, 0.25) is 0 Å². The van der Waals surface area contributed by atoms with E-state index in [9.17, 15) is 0 Å². The Morgan fingerprint density at radius 2 is 2.00 bits per heavy atom. The molecule has 0 saturated heterocycles. The van der Waals surface area contributed by atoms with Crippen LogP contribution in [0.1, 0.15) is 25.5 Å². The standard InChI is InChI=1S/C12H18BrNO/c1-9(2)8-15-12(7-14)10-5-3-4-6-11(10)13/h3-6,9,12H,7-8,14H2,1-2H3. The van der Waals surface area contributed by atoms with E-state index in [-0.39, 0.29) is 6.10 Å². The maximum Gasteiger partial charge on any atom is 0.0958 e. The van der Waals surface area contributed by atoms with Crippen LogP contribution < -0.4 is 5.73 Å². The molecule has 2 nitrogen and oxygen atoms in total. The number of halogens is 1. The summed E-state index contributed by atoms with van der Waals surface area (Å²) in [5, 5.41) is 0. The third-order valence-corrected chi connectivity index (χ3v) is 2.82. The zero-order valence-electron chi connectivity index (χ0n) is 9.24.